The maximum absolute atomic E-state index is 11.7. The summed E-state index contributed by atoms with van der Waals surface area (Å²) < 4.78 is -1.42. The first-order chi connectivity index (χ1) is 11.5. The molecule has 7 nitrogen and oxygen atoms in total. The number of alkyl halides is 3. The summed E-state index contributed by atoms with van der Waals surface area (Å²) in [7, 11) is 0. The molecule has 0 bridgehead atoms. The summed E-state index contributed by atoms with van der Waals surface area (Å²) in [6, 6.07) is 4.10. The van der Waals surface area contributed by atoms with Gasteiger partial charge in [0.05, 0.1) is 10.6 Å². The van der Waals surface area contributed by atoms with Crippen LogP contribution in [0, 0.1) is 10.1 Å². The Kier molecular flexibility index (Phi) is 8.62. The van der Waals surface area contributed by atoms with Gasteiger partial charge in [-0.05, 0) is 40.6 Å². The monoisotopic (exact) mass is 490 g/mol. The average molecular weight is 493 g/mol. The van der Waals surface area contributed by atoms with Gasteiger partial charge in [0, 0.05) is 23.0 Å². The highest BCUT2D eigenvalue weighted by molar-refractivity contribution is 9.10. The Bertz CT molecular complexity index is 672. The van der Waals surface area contributed by atoms with Gasteiger partial charge in [-0.15, -0.1) is 0 Å². The van der Waals surface area contributed by atoms with E-state index >= 15 is 0 Å². The summed E-state index contributed by atoms with van der Waals surface area (Å²) in [4.78, 5) is 22.0. The van der Waals surface area contributed by atoms with Crippen LogP contribution in [0.2, 0.25) is 0 Å². The van der Waals surface area contributed by atoms with Crippen LogP contribution in [-0.4, -0.2) is 25.9 Å². The molecule has 0 saturated carbocycles. The molecule has 0 fully saturated rings. The van der Waals surface area contributed by atoms with Crippen molar-refractivity contribution in [2.24, 2.45) is 0 Å². The number of carbonyl (C=O) groups excluding carboxylic acids is 1. The van der Waals surface area contributed by atoms with Gasteiger partial charge in [-0.3, -0.25) is 14.9 Å². The normalized spacial score (nSPS) is 12.2. The van der Waals surface area contributed by atoms with E-state index in [1.807, 2.05) is 6.92 Å². The van der Waals surface area contributed by atoms with Crippen LogP contribution in [0.5, 0.6) is 0 Å². The molecule has 12 heteroatoms. The zero-order valence-electron chi connectivity index (χ0n) is 12.8. The topological polar surface area (TPSA) is 96.3 Å². The van der Waals surface area contributed by atoms with Crippen molar-refractivity contribution in [1.29, 1.82) is 0 Å². The van der Waals surface area contributed by atoms with Crippen molar-refractivity contribution in [3.05, 3.63) is 32.8 Å². The first kappa shape index (κ1) is 22.2. The lowest BCUT2D eigenvalue weighted by Gasteiger charge is -2.27. The molecule has 3 N–H and O–H groups in total. The van der Waals surface area contributed by atoms with E-state index in [1.165, 1.54) is 18.2 Å². The van der Waals surface area contributed by atoms with E-state index in [2.05, 4.69) is 31.9 Å². The van der Waals surface area contributed by atoms with Crippen LogP contribution in [-0.2, 0) is 4.79 Å². The van der Waals surface area contributed by atoms with Gasteiger partial charge in [0.15, 0.2) is 5.11 Å². The number of hydrogen-bond acceptors (Lipinski definition) is 4. The van der Waals surface area contributed by atoms with Crippen LogP contribution in [0.3, 0.4) is 0 Å². The van der Waals surface area contributed by atoms with Gasteiger partial charge in [0.1, 0.15) is 6.17 Å². The fourth-order valence-corrected chi connectivity index (χ4v) is 2.69. The molecule has 25 heavy (non-hydrogen) atoms. The molecule has 1 aromatic rings. The van der Waals surface area contributed by atoms with E-state index in [0.29, 0.717) is 16.6 Å². The number of rotatable bonds is 6. The molecule has 0 spiro atoms. The van der Waals surface area contributed by atoms with E-state index in [-0.39, 0.29) is 23.1 Å². The minimum absolute atomic E-state index is 0.0580. The fourth-order valence-electron chi connectivity index (χ4n) is 1.67. The zero-order valence-corrected chi connectivity index (χ0v) is 17.5. The molecule has 0 aliphatic rings. The van der Waals surface area contributed by atoms with Gasteiger partial charge in [0.2, 0.25) is 9.70 Å². The molecule has 0 aromatic heterocycles. The van der Waals surface area contributed by atoms with Crippen molar-refractivity contribution in [3.63, 3.8) is 0 Å². The van der Waals surface area contributed by atoms with Crippen molar-refractivity contribution in [2.45, 2.75) is 29.7 Å². The number of halogens is 4. The third-order valence-electron chi connectivity index (χ3n) is 2.80. The van der Waals surface area contributed by atoms with E-state index in [0.717, 1.165) is 0 Å². The van der Waals surface area contributed by atoms with Crippen LogP contribution >= 0.6 is 63.0 Å². The lowest BCUT2D eigenvalue weighted by atomic mass is 10.3. The summed E-state index contributed by atoms with van der Waals surface area (Å²) in [5.41, 5.74) is 0.383. The first-order valence-electron chi connectivity index (χ1n) is 6.92. The summed E-state index contributed by atoms with van der Waals surface area (Å²) in [5, 5.41) is 18.8. The van der Waals surface area contributed by atoms with Gasteiger partial charge in [-0.25, -0.2) is 0 Å². The quantitative estimate of drug-likeness (QED) is 0.181. The predicted octanol–water partition coefficient (Wildman–Crippen LogP) is 4.26. The number of thiocarbonyl (C=S) groups is 1. The number of non-ortho nitro benzene ring substituents is 1. The molecule has 1 aromatic carbocycles. The number of hydrogen-bond donors (Lipinski definition) is 3. The highest BCUT2D eigenvalue weighted by Crippen LogP contribution is 2.30. The molecular formula is C13H14BrCl3N4O3S. The van der Waals surface area contributed by atoms with Crippen molar-refractivity contribution in [1.82, 2.24) is 10.6 Å². The standard InChI is InChI=1S/C13H14BrCl3N4O3S/c1-2-3-10(22)19-11(13(15,16)17)20-12(25)18-9-5-4-7(21(23)24)6-8(9)14/h4-6,11H,2-3H2,1H3,(H,19,22)(H2,18,20,25)/t11-/m0/s1. The average Bonchev–Trinajstić information content (AvgIpc) is 2.47. The second-order valence-electron chi connectivity index (χ2n) is 4.81. The molecule has 1 atom stereocenters. The van der Waals surface area contributed by atoms with Gasteiger partial charge in [-0.1, -0.05) is 41.7 Å². The number of amides is 1. The highest BCUT2D eigenvalue weighted by Gasteiger charge is 2.34. The minimum atomic E-state index is -1.85. The van der Waals surface area contributed by atoms with E-state index in [4.69, 9.17) is 47.0 Å². The largest absolute Gasteiger partial charge is 0.339 e. The SMILES string of the molecule is CCCC(=O)N[C@@H](NC(=S)Nc1ccc([N+](=O)[O-])cc1Br)C(Cl)(Cl)Cl. The lowest BCUT2D eigenvalue weighted by molar-refractivity contribution is -0.384. The molecule has 0 unspecified atom stereocenters. The van der Waals surface area contributed by atoms with Crippen molar-refractivity contribution < 1.29 is 9.72 Å². The maximum atomic E-state index is 11.7. The van der Waals surface area contributed by atoms with Gasteiger partial charge in [0.25, 0.3) is 5.69 Å². The van der Waals surface area contributed by atoms with Gasteiger partial charge < -0.3 is 16.0 Å². The first-order valence-corrected chi connectivity index (χ1v) is 9.25. The number of carbonyl (C=O) groups is 1. The number of nitro groups is 1. The third kappa shape index (κ3) is 7.49. The fraction of sp³-hybridized carbons (Fsp3) is 0.385. The molecule has 0 heterocycles. The van der Waals surface area contributed by atoms with Crippen LogP contribution in [0.4, 0.5) is 11.4 Å². The molecule has 0 aliphatic heterocycles. The van der Waals surface area contributed by atoms with Crippen LogP contribution < -0.4 is 16.0 Å². The summed E-state index contributed by atoms with van der Waals surface area (Å²) in [6.45, 7) is 1.84. The Morgan fingerprint density at radius 2 is 2.04 bits per heavy atom. The number of nitrogens with zero attached hydrogens (tertiary/aromatic N) is 1. The molecular weight excluding hydrogens is 478 g/mol. The highest BCUT2D eigenvalue weighted by atomic mass is 79.9. The molecule has 0 aliphatic carbocycles. The second kappa shape index (κ2) is 9.72. The zero-order chi connectivity index (χ0) is 19.2. The Morgan fingerprint density at radius 3 is 2.52 bits per heavy atom. The van der Waals surface area contributed by atoms with Gasteiger partial charge >= 0.3 is 0 Å². The Hall–Kier alpha value is -0.870. The Labute approximate surface area is 173 Å². The van der Waals surface area contributed by atoms with Crippen LogP contribution in [0.15, 0.2) is 22.7 Å². The minimum Gasteiger partial charge on any atom is -0.339 e. The Balaban J connectivity index is 2.81. The van der Waals surface area contributed by atoms with Crippen LogP contribution in [0.25, 0.3) is 0 Å². The van der Waals surface area contributed by atoms with Crippen molar-refractivity contribution in [3.8, 4) is 0 Å². The third-order valence-corrected chi connectivity index (χ3v) is 4.33. The summed E-state index contributed by atoms with van der Waals surface area (Å²) in [6.07, 6.45) is -0.155. The molecule has 0 radical (unpaired) electrons. The Morgan fingerprint density at radius 1 is 1.40 bits per heavy atom. The van der Waals surface area contributed by atoms with E-state index in [1.54, 1.807) is 0 Å². The smallest absolute Gasteiger partial charge is 0.270 e. The molecule has 1 amide bonds. The predicted molar refractivity (Wildman–Crippen MR) is 107 cm³/mol. The summed E-state index contributed by atoms with van der Waals surface area (Å²) >= 11 is 25.9. The molecule has 0 saturated heterocycles. The van der Waals surface area contributed by atoms with E-state index < -0.39 is 14.9 Å². The van der Waals surface area contributed by atoms with Gasteiger partial charge in [-0.2, -0.15) is 0 Å². The van der Waals surface area contributed by atoms with E-state index in [9.17, 15) is 14.9 Å². The number of benzene rings is 1. The maximum Gasteiger partial charge on any atom is 0.270 e. The lowest BCUT2D eigenvalue weighted by Crippen LogP contribution is -2.56. The number of anilines is 1. The molecule has 1 rings (SSSR count). The van der Waals surface area contributed by atoms with Crippen molar-refractivity contribution in [2.75, 3.05) is 5.32 Å². The van der Waals surface area contributed by atoms with Crippen LogP contribution in [0.1, 0.15) is 19.8 Å². The number of nitrogens with one attached hydrogen (secondary N) is 3. The molecule has 138 valence electrons. The number of nitro benzene ring substituents is 1. The van der Waals surface area contributed by atoms with Crippen molar-refractivity contribution >= 4 is 85.3 Å². The second-order valence-corrected chi connectivity index (χ2v) is 8.44. The summed E-state index contributed by atoms with van der Waals surface area (Å²) in [5.74, 6) is -0.300.